The molecule has 1 rings (SSSR count). The van der Waals surface area contributed by atoms with Crippen LogP contribution in [0.5, 0.6) is 0 Å². The summed E-state index contributed by atoms with van der Waals surface area (Å²) < 4.78 is 35.7. The van der Waals surface area contributed by atoms with Crippen LogP contribution < -0.4 is 5.32 Å². The minimum absolute atomic E-state index is 0.237. The minimum Gasteiger partial charge on any atom is -0.480 e. The molecular weight excluding hydrogens is 253 g/mol. The first-order valence-corrected chi connectivity index (χ1v) is 5.52. The molecule has 1 saturated heterocycles. The average Bonchev–Trinajstić information content (AvgIpc) is 2.59. The highest BCUT2D eigenvalue weighted by atomic mass is 19.4. The van der Waals surface area contributed by atoms with Crippen LogP contribution in [0, 0.1) is 0 Å². The van der Waals surface area contributed by atoms with Crippen LogP contribution in [-0.2, 0) is 4.79 Å². The fraction of sp³-hybridized carbons (Fsp3) is 0.800. The topological polar surface area (TPSA) is 69.6 Å². The highest BCUT2D eigenvalue weighted by molar-refractivity contribution is 5.86. The zero-order valence-electron chi connectivity index (χ0n) is 9.88. The number of nitrogens with one attached hydrogen (secondary N) is 1. The van der Waals surface area contributed by atoms with Gasteiger partial charge in [-0.25, -0.2) is 9.59 Å². The fourth-order valence-corrected chi connectivity index (χ4v) is 1.92. The molecular formula is C10H15F3N2O3. The van der Waals surface area contributed by atoms with Crippen LogP contribution in [0.2, 0.25) is 0 Å². The molecule has 0 aromatic carbocycles. The molecule has 5 nitrogen and oxygen atoms in total. The van der Waals surface area contributed by atoms with Gasteiger partial charge in [0.2, 0.25) is 0 Å². The van der Waals surface area contributed by atoms with Gasteiger partial charge < -0.3 is 15.3 Å². The lowest BCUT2D eigenvalue weighted by Crippen LogP contribution is -2.54. The molecule has 0 radical (unpaired) electrons. The van der Waals surface area contributed by atoms with E-state index in [1.165, 1.54) is 6.92 Å². The summed E-state index contributed by atoms with van der Waals surface area (Å²) in [7, 11) is 0. The lowest BCUT2D eigenvalue weighted by atomic mass is 10.00. The van der Waals surface area contributed by atoms with E-state index in [0.717, 1.165) is 4.90 Å². The van der Waals surface area contributed by atoms with Crippen molar-refractivity contribution in [3.8, 4) is 0 Å². The predicted molar refractivity (Wildman–Crippen MR) is 56.1 cm³/mol. The third kappa shape index (κ3) is 3.27. The van der Waals surface area contributed by atoms with Crippen molar-refractivity contribution in [2.75, 3.05) is 13.1 Å². The van der Waals surface area contributed by atoms with E-state index in [0.29, 0.717) is 12.8 Å². The van der Waals surface area contributed by atoms with Crippen molar-refractivity contribution in [2.45, 2.75) is 37.9 Å². The molecule has 104 valence electrons. The molecule has 0 aromatic heterocycles. The van der Waals surface area contributed by atoms with Crippen LogP contribution in [0.4, 0.5) is 18.0 Å². The van der Waals surface area contributed by atoms with Crippen molar-refractivity contribution in [2.24, 2.45) is 0 Å². The molecule has 2 N–H and O–H groups in total. The molecule has 18 heavy (non-hydrogen) atoms. The van der Waals surface area contributed by atoms with Gasteiger partial charge in [-0.2, -0.15) is 13.2 Å². The lowest BCUT2D eigenvalue weighted by molar-refractivity contribution is -0.147. The second kappa shape index (κ2) is 5.03. The number of urea groups is 1. The van der Waals surface area contributed by atoms with Crippen LogP contribution in [0.15, 0.2) is 0 Å². The molecule has 1 atom stereocenters. The van der Waals surface area contributed by atoms with E-state index in [9.17, 15) is 22.8 Å². The number of hydrogen-bond donors (Lipinski definition) is 2. The van der Waals surface area contributed by atoms with Gasteiger partial charge in [0.15, 0.2) is 0 Å². The van der Waals surface area contributed by atoms with Crippen LogP contribution in [-0.4, -0.2) is 46.8 Å². The molecule has 0 bridgehead atoms. The lowest BCUT2D eigenvalue weighted by Gasteiger charge is -2.31. The molecule has 0 aromatic rings. The third-order valence-electron chi connectivity index (χ3n) is 3.03. The fourth-order valence-electron chi connectivity index (χ4n) is 1.92. The maximum absolute atomic E-state index is 11.9. The Morgan fingerprint density at radius 3 is 2.56 bits per heavy atom. The summed E-state index contributed by atoms with van der Waals surface area (Å²) in [6, 6.07) is -0.762. The monoisotopic (exact) mass is 268 g/mol. The third-order valence-corrected chi connectivity index (χ3v) is 3.03. The molecule has 1 unspecified atom stereocenters. The zero-order valence-corrected chi connectivity index (χ0v) is 9.88. The molecule has 1 aliphatic rings. The summed E-state index contributed by atoms with van der Waals surface area (Å²) in [6.45, 7) is 1.08. The van der Waals surface area contributed by atoms with Gasteiger partial charge >= 0.3 is 18.2 Å². The van der Waals surface area contributed by atoms with Crippen LogP contribution >= 0.6 is 0 Å². The summed E-state index contributed by atoms with van der Waals surface area (Å²) in [5, 5.41) is 11.1. The van der Waals surface area contributed by atoms with E-state index >= 15 is 0 Å². The molecule has 2 amide bonds. The normalized spacial score (nSPS) is 24.1. The molecule has 0 spiro atoms. The number of carboxylic acid groups (broad SMARTS) is 1. The van der Waals surface area contributed by atoms with Crippen molar-refractivity contribution in [1.82, 2.24) is 10.2 Å². The first-order chi connectivity index (χ1) is 8.17. The Balaban J connectivity index is 2.54. The van der Waals surface area contributed by atoms with Gasteiger partial charge in [0.1, 0.15) is 5.54 Å². The van der Waals surface area contributed by atoms with Crippen LogP contribution in [0.1, 0.15) is 26.2 Å². The molecule has 1 fully saturated rings. The Bertz CT molecular complexity index is 346. The highest BCUT2D eigenvalue weighted by Gasteiger charge is 2.46. The number of hydrogen-bond acceptors (Lipinski definition) is 2. The van der Waals surface area contributed by atoms with E-state index < -0.39 is 36.7 Å². The smallest absolute Gasteiger partial charge is 0.390 e. The maximum Gasteiger partial charge on any atom is 0.390 e. The van der Waals surface area contributed by atoms with Crippen LogP contribution in [0.3, 0.4) is 0 Å². The number of amides is 2. The van der Waals surface area contributed by atoms with Gasteiger partial charge in [0, 0.05) is 13.1 Å². The van der Waals surface area contributed by atoms with E-state index in [1.807, 2.05) is 0 Å². The quantitative estimate of drug-likeness (QED) is 0.816. The summed E-state index contributed by atoms with van der Waals surface area (Å²) >= 11 is 0. The van der Waals surface area contributed by atoms with Gasteiger partial charge in [-0.05, 0) is 19.8 Å². The number of nitrogens with zero attached hydrogens (tertiary/aromatic N) is 1. The highest BCUT2D eigenvalue weighted by Crippen LogP contribution is 2.29. The Morgan fingerprint density at radius 2 is 2.06 bits per heavy atom. The number of carboxylic acids is 1. The van der Waals surface area contributed by atoms with Crippen molar-refractivity contribution < 1.29 is 27.9 Å². The Morgan fingerprint density at radius 1 is 1.44 bits per heavy atom. The number of aliphatic carboxylic acids is 1. The van der Waals surface area contributed by atoms with Gasteiger partial charge in [-0.1, -0.05) is 0 Å². The molecule has 1 aliphatic heterocycles. The SMILES string of the molecule is CC1(C(=O)O)CCCN1C(=O)NCCC(F)(F)F. The average molecular weight is 268 g/mol. The number of halogens is 3. The van der Waals surface area contributed by atoms with Crippen molar-refractivity contribution >= 4 is 12.0 Å². The van der Waals surface area contributed by atoms with E-state index in [1.54, 1.807) is 0 Å². The summed E-state index contributed by atoms with van der Waals surface area (Å²) in [5.41, 5.74) is -1.33. The Kier molecular flexibility index (Phi) is 4.08. The van der Waals surface area contributed by atoms with E-state index in [4.69, 9.17) is 5.11 Å². The number of alkyl halides is 3. The largest absolute Gasteiger partial charge is 0.480 e. The summed E-state index contributed by atoms with van der Waals surface area (Å²) in [4.78, 5) is 23.8. The standard InChI is InChI=1S/C10H15F3N2O3/c1-9(7(16)17)3-2-6-15(9)8(18)14-5-4-10(11,12)13/h2-6H2,1H3,(H,14,18)(H,16,17). The number of carbonyl (C=O) groups excluding carboxylic acids is 1. The van der Waals surface area contributed by atoms with Gasteiger partial charge in [-0.15, -0.1) is 0 Å². The minimum atomic E-state index is -4.34. The molecule has 0 aliphatic carbocycles. The number of likely N-dealkylation sites (tertiary alicyclic amines) is 1. The second-order valence-electron chi connectivity index (χ2n) is 4.43. The number of carbonyl (C=O) groups is 2. The van der Waals surface area contributed by atoms with Gasteiger partial charge in [-0.3, -0.25) is 0 Å². The summed E-state index contributed by atoms with van der Waals surface area (Å²) in [5.74, 6) is -1.15. The van der Waals surface area contributed by atoms with Crippen LogP contribution in [0.25, 0.3) is 0 Å². The zero-order chi connectivity index (χ0) is 14.0. The van der Waals surface area contributed by atoms with Crippen molar-refractivity contribution in [3.05, 3.63) is 0 Å². The van der Waals surface area contributed by atoms with Gasteiger partial charge in [0.05, 0.1) is 6.42 Å². The molecule has 8 heteroatoms. The first kappa shape index (κ1) is 14.6. The molecule has 1 heterocycles. The summed E-state index contributed by atoms with van der Waals surface area (Å²) in [6.07, 6.45) is -4.64. The van der Waals surface area contributed by atoms with Crippen molar-refractivity contribution in [3.63, 3.8) is 0 Å². The van der Waals surface area contributed by atoms with Gasteiger partial charge in [0.25, 0.3) is 0 Å². The van der Waals surface area contributed by atoms with Crippen molar-refractivity contribution in [1.29, 1.82) is 0 Å². The Hall–Kier alpha value is -1.47. The molecule has 0 saturated carbocycles. The van der Waals surface area contributed by atoms with E-state index in [2.05, 4.69) is 5.32 Å². The first-order valence-electron chi connectivity index (χ1n) is 5.52. The van der Waals surface area contributed by atoms with E-state index in [-0.39, 0.29) is 6.54 Å². The second-order valence-corrected chi connectivity index (χ2v) is 4.43. The number of rotatable bonds is 3. The Labute approximate surface area is 102 Å². The maximum atomic E-state index is 11.9. The predicted octanol–water partition coefficient (Wildman–Crippen LogP) is 1.59.